The van der Waals surface area contributed by atoms with Crippen molar-refractivity contribution in [2.24, 2.45) is 0 Å². The van der Waals surface area contributed by atoms with Gasteiger partial charge in [0.25, 0.3) is 0 Å². The van der Waals surface area contributed by atoms with E-state index in [2.05, 4.69) is 16.4 Å². The summed E-state index contributed by atoms with van der Waals surface area (Å²) in [4.78, 5) is 4.34. The van der Waals surface area contributed by atoms with Crippen LogP contribution in [0.1, 0.15) is 17.2 Å². The fraction of sp³-hybridized carbons (Fsp3) is 0.118. The Labute approximate surface area is 133 Å². The van der Waals surface area contributed by atoms with Crippen molar-refractivity contribution in [1.82, 2.24) is 10.3 Å². The lowest BCUT2D eigenvalue weighted by Crippen LogP contribution is -2.19. The molecule has 21 heavy (non-hydrogen) atoms. The van der Waals surface area contributed by atoms with Crippen molar-refractivity contribution in [3.05, 3.63) is 76.0 Å². The van der Waals surface area contributed by atoms with Gasteiger partial charge in [-0.1, -0.05) is 53.5 Å². The van der Waals surface area contributed by atoms with E-state index in [-0.39, 0.29) is 6.04 Å². The normalized spacial score (nSPS) is 12.5. The van der Waals surface area contributed by atoms with Gasteiger partial charge in [0.15, 0.2) is 0 Å². The van der Waals surface area contributed by atoms with E-state index < -0.39 is 0 Å². The zero-order valence-electron chi connectivity index (χ0n) is 11.5. The van der Waals surface area contributed by atoms with E-state index in [4.69, 9.17) is 23.2 Å². The first kappa shape index (κ1) is 14.3. The van der Waals surface area contributed by atoms with E-state index in [1.54, 1.807) is 0 Å². The smallest absolute Gasteiger partial charge is 0.0625 e. The van der Waals surface area contributed by atoms with E-state index in [0.717, 1.165) is 21.9 Å². The molecular formula is C17H14Cl2N2. The van der Waals surface area contributed by atoms with Gasteiger partial charge < -0.3 is 5.32 Å². The summed E-state index contributed by atoms with van der Waals surface area (Å²) in [5, 5.41) is 6.83. The molecule has 0 amide bonds. The minimum absolute atomic E-state index is 0.107. The second-order valence-corrected chi connectivity index (χ2v) is 5.62. The van der Waals surface area contributed by atoms with Crippen molar-refractivity contribution in [3.8, 4) is 0 Å². The molecule has 0 saturated heterocycles. The van der Waals surface area contributed by atoms with Crippen LogP contribution in [-0.2, 0) is 0 Å². The quantitative estimate of drug-likeness (QED) is 0.747. The Bertz CT molecular complexity index is 761. The summed E-state index contributed by atoms with van der Waals surface area (Å²) < 4.78 is 0. The first-order valence-electron chi connectivity index (χ1n) is 6.66. The van der Waals surface area contributed by atoms with Crippen molar-refractivity contribution in [1.29, 1.82) is 0 Å². The molecule has 1 atom stereocenters. The van der Waals surface area contributed by atoms with Crippen molar-refractivity contribution in [3.63, 3.8) is 0 Å². The van der Waals surface area contributed by atoms with Gasteiger partial charge in [-0.05, 0) is 30.1 Å². The molecule has 3 aromatic rings. The molecule has 3 rings (SSSR count). The number of benzene rings is 2. The zero-order chi connectivity index (χ0) is 14.8. The number of fused-ring (bicyclic) bond motifs is 1. The van der Waals surface area contributed by atoms with Gasteiger partial charge in [0.1, 0.15) is 0 Å². The van der Waals surface area contributed by atoms with Gasteiger partial charge in [-0.15, -0.1) is 0 Å². The number of halogens is 2. The largest absolute Gasteiger partial charge is 0.309 e. The molecule has 2 aromatic carbocycles. The Kier molecular flexibility index (Phi) is 4.11. The molecule has 0 bridgehead atoms. The van der Waals surface area contributed by atoms with Crippen LogP contribution in [0, 0.1) is 0 Å². The van der Waals surface area contributed by atoms with Crippen molar-refractivity contribution >= 4 is 34.0 Å². The number of pyridine rings is 1. The van der Waals surface area contributed by atoms with Crippen LogP contribution in [0.5, 0.6) is 0 Å². The summed E-state index contributed by atoms with van der Waals surface area (Å²) in [7, 11) is 1.89. The molecule has 4 heteroatoms. The third-order valence-electron chi connectivity index (χ3n) is 3.59. The zero-order valence-corrected chi connectivity index (χ0v) is 13.0. The monoisotopic (exact) mass is 316 g/mol. The number of hydrogen-bond donors (Lipinski definition) is 1. The Balaban J connectivity index is 2.24. The summed E-state index contributed by atoms with van der Waals surface area (Å²) in [6.45, 7) is 0. The summed E-state index contributed by atoms with van der Waals surface area (Å²) in [6.07, 6.45) is 3.73. The lowest BCUT2D eigenvalue weighted by molar-refractivity contribution is 0.694. The summed E-state index contributed by atoms with van der Waals surface area (Å²) in [6, 6.07) is 13.6. The van der Waals surface area contributed by atoms with Crippen LogP contribution in [0.3, 0.4) is 0 Å². The Morgan fingerprint density at radius 1 is 0.952 bits per heavy atom. The fourth-order valence-electron chi connectivity index (χ4n) is 2.61. The number of hydrogen-bond acceptors (Lipinski definition) is 2. The third kappa shape index (κ3) is 2.62. The van der Waals surface area contributed by atoms with E-state index in [1.807, 2.05) is 55.8 Å². The first-order chi connectivity index (χ1) is 10.2. The number of rotatable bonds is 3. The average molecular weight is 317 g/mol. The minimum Gasteiger partial charge on any atom is -0.309 e. The summed E-state index contributed by atoms with van der Waals surface area (Å²) in [5.41, 5.74) is 1.94. The average Bonchev–Trinajstić information content (AvgIpc) is 2.51. The molecular weight excluding hydrogens is 303 g/mol. The lowest BCUT2D eigenvalue weighted by atomic mass is 9.95. The third-order valence-corrected chi connectivity index (χ3v) is 4.25. The lowest BCUT2D eigenvalue weighted by Gasteiger charge is -2.21. The number of nitrogens with zero attached hydrogens (tertiary/aromatic N) is 1. The predicted molar refractivity (Wildman–Crippen MR) is 89.1 cm³/mol. The van der Waals surface area contributed by atoms with Gasteiger partial charge >= 0.3 is 0 Å². The Morgan fingerprint density at radius 2 is 1.67 bits per heavy atom. The second-order valence-electron chi connectivity index (χ2n) is 4.81. The van der Waals surface area contributed by atoms with Gasteiger partial charge in [-0.25, -0.2) is 0 Å². The van der Waals surface area contributed by atoms with Crippen LogP contribution < -0.4 is 5.32 Å². The molecule has 0 aliphatic heterocycles. The van der Waals surface area contributed by atoms with Crippen molar-refractivity contribution in [2.45, 2.75) is 6.04 Å². The van der Waals surface area contributed by atoms with Crippen molar-refractivity contribution < 1.29 is 0 Å². The van der Waals surface area contributed by atoms with Crippen LogP contribution in [-0.4, -0.2) is 12.0 Å². The van der Waals surface area contributed by atoms with E-state index in [0.29, 0.717) is 10.0 Å². The maximum atomic E-state index is 6.36. The number of nitrogens with one attached hydrogen (secondary N) is 1. The van der Waals surface area contributed by atoms with Crippen molar-refractivity contribution in [2.75, 3.05) is 7.05 Å². The molecule has 0 fully saturated rings. The Morgan fingerprint density at radius 3 is 2.38 bits per heavy atom. The standard InChI is InChI=1S/C17H14Cl2N2/c1-20-17(16-14(18)7-4-8-15(16)19)13-10-21-9-11-5-2-3-6-12(11)13/h2-10,17,20H,1H3. The maximum Gasteiger partial charge on any atom is 0.0625 e. The predicted octanol–water partition coefficient (Wildman–Crippen LogP) is 4.85. The van der Waals surface area contributed by atoms with Gasteiger partial charge in [-0.3, -0.25) is 4.98 Å². The molecule has 0 aliphatic rings. The van der Waals surface area contributed by atoms with E-state index in [1.165, 1.54) is 0 Å². The fourth-order valence-corrected chi connectivity index (χ4v) is 3.23. The highest BCUT2D eigenvalue weighted by atomic mass is 35.5. The molecule has 0 saturated carbocycles. The highest BCUT2D eigenvalue weighted by Crippen LogP contribution is 2.36. The molecule has 1 N–H and O–H groups in total. The summed E-state index contributed by atoms with van der Waals surface area (Å²) in [5.74, 6) is 0. The van der Waals surface area contributed by atoms with Gasteiger partial charge in [0, 0.05) is 33.4 Å². The molecule has 1 unspecified atom stereocenters. The highest BCUT2D eigenvalue weighted by molar-refractivity contribution is 6.36. The molecule has 1 aromatic heterocycles. The van der Waals surface area contributed by atoms with E-state index in [9.17, 15) is 0 Å². The SMILES string of the molecule is CNC(c1c(Cl)cccc1Cl)c1cncc2ccccc12. The Hall–Kier alpha value is -1.61. The first-order valence-corrected chi connectivity index (χ1v) is 7.42. The topological polar surface area (TPSA) is 24.9 Å². The number of aromatic nitrogens is 1. The molecule has 2 nitrogen and oxygen atoms in total. The molecule has 0 radical (unpaired) electrons. The summed E-state index contributed by atoms with van der Waals surface area (Å²) >= 11 is 12.7. The van der Waals surface area contributed by atoms with Crippen LogP contribution >= 0.6 is 23.2 Å². The van der Waals surface area contributed by atoms with Crippen LogP contribution in [0.2, 0.25) is 10.0 Å². The highest BCUT2D eigenvalue weighted by Gasteiger charge is 2.20. The minimum atomic E-state index is -0.107. The molecule has 1 heterocycles. The van der Waals surface area contributed by atoms with Gasteiger partial charge in [0.2, 0.25) is 0 Å². The van der Waals surface area contributed by atoms with Gasteiger partial charge in [0.05, 0.1) is 6.04 Å². The van der Waals surface area contributed by atoms with Gasteiger partial charge in [-0.2, -0.15) is 0 Å². The van der Waals surface area contributed by atoms with Crippen LogP contribution in [0.4, 0.5) is 0 Å². The van der Waals surface area contributed by atoms with E-state index >= 15 is 0 Å². The molecule has 0 spiro atoms. The van der Waals surface area contributed by atoms with Crippen LogP contribution in [0.15, 0.2) is 54.9 Å². The molecule has 106 valence electrons. The second kappa shape index (κ2) is 6.02. The maximum absolute atomic E-state index is 6.36. The van der Waals surface area contributed by atoms with Crippen LogP contribution in [0.25, 0.3) is 10.8 Å². The molecule has 0 aliphatic carbocycles.